The number of rotatable bonds is 6. The van der Waals surface area contributed by atoms with E-state index in [-0.39, 0.29) is 5.69 Å². The van der Waals surface area contributed by atoms with E-state index in [1.54, 1.807) is 23.2 Å². The maximum Gasteiger partial charge on any atom is 0.312 e. The van der Waals surface area contributed by atoms with Crippen molar-refractivity contribution in [1.29, 1.82) is 0 Å². The van der Waals surface area contributed by atoms with E-state index in [4.69, 9.17) is 0 Å². The van der Waals surface area contributed by atoms with E-state index in [1.807, 2.05) is 0 Å². The Balaban J connectivity index is 2.25. The topological polar surface area (TPSA) is 105 Å². The lowest BCUT2D eigenvalue weighted by Crippen LogP contribution is -2.12. The smallest absolute Gasteiger partial charge is 0.258 e. The van der Waals surface area contributed by atoms with Gasteiger partial charge in [0, 0.05) is 6.54 Å². The highest BCUT2D eigenvalue weighted by Gasteiger charge is 2.22. The average Bonchev–Trinajstić information content (AvgIpc) is 2.92. The largest absolute Gasteiger partial charge is 0.312 e. The van der Waals surface area contributed by atoms with E-state index < -0.39 is 4.92 Å². The highest BCUT2D eigenvalue weighted by molar-refractivity contribution is 5.39. The van der Waals surface area contributed by atoms with Crippen LogP contribution in [0.1, 0.15) is 37.0 Å². The summed E-state index contributed by atoms with van der Waals surface area (Å²) >= 11 is 0. The van der Waals surface area contributed by atoms with Gasteiger partial charge >= 0.3 is 5.69 Å². The van der Waals surface area contributed by atoms with Crippen LogP contribution in [-0.4, -0.2) is 34.9 Å². The first-order valence-electron chi connectivity index (χ1n) is 6.48. The van der Waals surface area contributed by atoms with Gasteiger partial charge in [-0.15, -0.1) is 5.10 Å². The first-order valence-corrected chi connectivity index (χ1v) is 6.48. The Hall–Kier alpha value is -2.32. The van der Waals surface area contributed by atoms with Crippen molar-refractivity contribution in [3.05, 3.63) is 27.3 Å². The number of unbranched alkanes of at least 4 members (excludes halogenated alkanes) is 1. The second-order valence-electron chi connectivity index (χ2n) is 4.61. The van der Waals surface area contributed by atoms with Crippen molar-refractivity contribution in [2.24, 2.45) is 0 Å². The molecule has 0 fully saturated rings. The van der Waals surface area contributed by atoms with Crippen molar-refractivity contribution < 1.29 is 4.92 Å². The molecule has 0 radical (unpaired) electrons. The van der Waals surface area contributed by atoms with Crippen LogP contribution < -0.4 is 0 Å². The summed E-state index contributed by atoms with van der Waals surface area (Å²) in [7, 11) is 0. The summed E-state index contributed by atoms with van der Waals surface area (Å²) in [5.41, 5.74) is 0.968. The van der Waals surface area contributed by atoms with E-state index in [2.05, 4.69) is 27.5 Å². The molecule has 2 aromatic heterocycles. The second kappa shape index (κ2) is 5.76. The van der Waals surface area contributed by atoms with Gasteiger partial charge in [-0.1, -0.05) is 13.3 Å². The number of hydrogen-bond donors (Lipinski definition) is 0. The Morgan fingerprint density at radius 2 is 2.05 bits per heavy atom. The zero-order valence-electron chi connectivity index (χ0n) is 11.8. The SMILES string of the molecule is CCCCn1nnnc1Cn1nc(C)c([N+](=O)[O-])c1C. The summed E-state index contributed by atoms with van der Waals surface area (Å²) in [5, 5.41) is 26.7. The standard InChI is InChI=1S/C11H17N7O2/c1-4-5-6-16-10(12-14-15-16)7-17-9(3)11(18(19)20)8(2)13-17/h4-7H2,1-3H3. The predicted octanol–water partition coefficient (Wildman–Crippen LogP) is 1.24. The molecule has 0 aliphatic rings. The molecule has 0 saturated heterocycles. The first kappa shape index (κ1) is 14.1. The molecule has 2 rings (SSSR count). The average molecular weight is 279 g/mol. The van der Waals surface area contributed by atoms with Crippen LogP contribution in [0.25, 0.3) is 0 Å². The lowest BCUT2D eigenvalue weighted by Gasteiger charge is -2.04. The molecule has 9 heteroatoms. The minimum atomic E-state index is -0.409. The molecular weight excluding hydrogens is 262 g/mol. The first-order chi connectivity index (χ1) is 9.54. The minimum absolute atomic E-state index is 0.0533. The monoisotopic (exact) mass is 279 g/mol. The molecule has 0 unspecified atom stereocenters. The molecule has 0 bridgehead atoms. The molecule has 0 aliphatic heterocycles. The fraction of sp³-hybridized carbons (Fsp3) is 0.636. The zero-order valence-corrected chi connectivity index (χ0v) is 11.8. The van der Waals surface area contributed by atoms with Gasteiger partial charge in [0.25, 0.3) is 0 Å². The lowest BCUT2D eigenvalue weighted by molar-refractivity contribution is -0.386. The highest BCUT2D eigenvalue weighted by Crippen LogP contribution is 2.22. The third-order valence-electron chi connectivity index (χ3n) is 3.15. The fourth-order valence-corrected chi connectivity index (χ4v) is 2.06. The molecule has 2 aromatic rings. The van der Waals surface area contributed by atoms with Crippen LogP contribution in [0.3, 0.4) is 0 Å². The minimum Gasteiger partial charge on any atom is -0.258 e. The van der Waals surface area contributed by atoms with Crippen LogP contribution in [0.2, 0.25) is 0 Å². The molecule has 2 heterocycles. The Morgan fingerprint density at radius 1 is 1.30 bits per heavy atom. The molecule has 0 spiro atoms. The van der Waals surface area contributed by atoms with Gasteiger partial charge in [0.05, 0.1) is 4.92 Å². The van der Waals surface area contributed by atoms with Crippen molar-refractivity contribution in [2.75, 3.05) is 0 Å². The Bertz CT molecular complexity index is 616. The van der Waals surface area contributed by atoms with Crippen molar-refractivity contribution in [3.8, 4) is 0 Å². The molecule has 0 N–H and O–H groups in total. The zero-order chi connectivity index (χ0) is 14.7. The van der Waals surface area contributed by atoms with E-state index in [0.29, 0.717) is 23.8 Å². The third-order valence-corrected chi connectivity index (χ3v) is 3.15. The molecule has 0 aromatic carbocycles. The van der Waals surface area contributed by atoms with E-state index in [0.717, 1.165) is 19.4 Å². The van der Waals surface area contributed by atoms with Crippen molar-refractivity contribution >= 4 is 5.69 Å². The normalized spacial score (nSPS) is 10.9. The summed E-state index contributed by atoms with van der Waals surface area (Å²) in [6, 6.07) is 0. The predicted molar refractivity (Wildman–Crippen MR) is 70.2 cm³/mol. The Labute approximate surface area is 115 Å². The summed E-state index contributed by atoms with van der Waals surface area (Å²) in [6.45, 7) is 6.46. The molecule has 20 heavy (non-hydrogen) atoms. The van der Waals surface area contributed by atoms with Gasteiger partial charge in [0.2, 0.25) is 0 Å². The summed E-state index contributed by atoms with van der Waals surface area (Å²) < 4.78 is 3.29. The van der Waals surface area contributed by atoms with Gasteiger partial charge in [-0.3, -0.25) is 14.8 Å². The number of aryl methyl sites for hydroxylation is 2. The van der Waals surface area contributed by atoms with Crippen molar-refractivity contribution in [3.63, 3.8) is 0 Å². The number of nitrogens with zero attached hydrogens (tertiary/aromatic N) is 7. The lowest BCUT2D eigenvalue weighted by atomic mass is 10.3. The second-order valence-corrected chi connectivity index (χ2v) is 4.61. The number of aromatic nitrogens is 6. The molecular formula is C11H17N7O2. The van der Waals surface area contributed by atoms with Crippen LogP contribution in [-0.2, 0) is 13.1 Å². The van der Waals surface area contributed by atoms with Crippen molar-refractivity contribution in [2.45, 2.75) is 46.7 Å². The van der Waals surface area contributed by atoms with Crippen LogP contribution in [0, 0.1) is 24.0 Å². The summed E-state index contributed by atoms with van der Waals surface area (Å²) in [6.07, 6.45) is 2.03. The highest BCUT2D eigenvalue weighted by atomic mass is 16.6. The maximum absolute atomic E-state index is 11.0. The molecule has 108 valence electrons. The quantitative estimate of drug-likeness (QED) is 0.582. The fourth-order valence-electron chi connectivity index (χ4n) is 2.06. The number of nitro groups is 1. The van der Waals surface area contributed by atoms with Gasteiger partial charge in [-0.25, -0.2) is 4.68 Å². The molecule has 9 nitrogen and oxygen atoms in total. The van der Waals surface area contributed by atoms with E-state index in [9.17, 15) is 10.1 Å². The Morgan fingerprint density at radius 3 is 2.65 bits per heavy atom. The van der Waals surface area contributed by atoms with E-state index in [1.165, 1.54) is 0 Å². The molecule has 0 atom stereocenters. The Kier molecular flexibility index (Phi) is 4.06. The van der Waals surface area contributed by atoms with Gasteiger partial charge < -0.3 is 0 Å². The van der Waals surface area contributed by atoms with Crippen LogP contribution in [0.4, 0.5) is 5.69 Å². The third kappa shape index (κ3) is 2.65. The van der Waals surface area contributed by atoms with Crippen LogP contribution >= 0.6 is 0 Å². The van der Waals surface area contributed by atoms with Gasteiger partial charge in [0.15, 0.2) is 5.82 Å². The number of hydrogen-bond acceptors (Lipinski definition) is 6. The summed E-state index contributed by atoms with van der Waals surface area (Å²) in [5.74, 6) is 0.652. The molecule has 0 aliphatic carbocycles. The number of tetrazole rings is 1. The van der Waals surface area contributed by atoms with Crippen LogP contribution in [0.5, 0.6) is 0 Å². The maximum atomic E-state index is 11.0. The molecule has 0 saturated carbocycles. The van der Waals surface area contributed by atoms with Crippen LogP contribution in [0.15, 0.2) is 0 Å². The van der Waals surface area contributed by atoms with E-state index >= 15 is 0 Å². The van der Waals surface area contributed by atoms with Crippen molar-refractivity contribution in [1.82, 2.24) is 30.0 Å². The molecule has 0 amide bonds. The van der Waals surface area contributed by atoms with Gasteiger partial charge in [0.1, 0.15) is 17.9 Å². The van der Waals surface area contributed by atoms with Gasteiger partial charge in [-0.2, -0.15) is 5.10 Å². The summed E-state index contributed by atoms with van der Waals surface area (Å²) in [4.78, 5) is 10.6. The van der Waals surface area contributed by atoms with Gasteiger partial charge in [-0.05, 0) is 30.7 Å².